The summed E-state index contributed by atoms with van der Waals surface area (Å²) in [5.41, 5.74) is 3.57. The van der Waals surface area contributed by atoms with E-state index in [2.05, 4.69) is 6.92 Å². The number of carbonyl (C=O) groups is 1. The number of aromatic hydroxyl groups is 1. The van der Waals surface area contributed by atoms with E-state index in [9.17, 15) is 14.7 Å². The summed E-state index contributed by atoms with van der Waals surface area (Å²) < 4.78 is 7.10. The molecule has 166 valence electrons. The zero-order valence-electron chi connectivity index (χ0n) is 18.6. The van der Waals surface area contributed by atoms with E-state index in [0.717, 1.165) is 34.1 Å². The molecule has 0 spiro atoms. The van der Waals surface area contributed by atoms with Crippen molar-refractivity contribution in [2.24, 2.45) is 0 Å². The summed E-state index contributed by atoms with van der Waals surface area (Å²) in [6.07, 6.45) is 1.05. The Kier molecular flexibility index (Phi) is 4.61. The number of phenols is 1. The van der Waals surface area contributed by atoms with E-state index < -0.39 is 11.6 Å². The largest absolute Gasteiger partial charge is 0.508 e. The minimum absolute atomic E-state index is 0.0773. The van der Waals surface area contributed by atoms with Crippen LogP contribution in [-0.2, 0) is 39.5 Å². The van der Waals surface area contributed by atoms with Crippen LogP contribution in [0.1, 0.15) is 42.5 Å². The number of nitrogens with zero attached hydrogens (tertiary/aromatic N) is 3. The molecule has 0 saturated heterocycles. The number of aryl methyl sites for hydroxylation is 1. The van der Waals surface area contributed by atoms with Gasteiger partial charge in [0.25, 0.3) is 5.56 Å². The van der Waals surface area contributed by atoms with E-state index in [1.165, 1.54) is 5.06 Å². The highest BCUT2D eigenvalue weighted by Gasteiger charge is 2.49. The van der Waals surface area contributed by atoms with Gasteiger partial charge in [-0.15, -0.1) is 0 Å². The van der Waals surface area contributed by atoms with E-state index in [4.69, 9.17) is 14.6 Å². The monoisotopic (exact) mass is 435 g/mol. The number of rotatable bonds is 4. The molecule has 0 amide bonds. The topological polar surface area (TPSA) is 93.9 Å². The minimum atomic E-state index is -1.38. The van der Waals surface area contributed by atoms with Crippen LogP contribution in [0.3, 0.4) is 0 Å². The fraction of sp³-hybridized carbons (Fsp3) is 0.375. The van der Waals surface area contributed by atoms with Gasteiger partial charge in [-0.05, 0) is 42.7 Å². The first-order valence-electron chi connectivity index (χ1n) is 10.8. The third-order valence-electron chi connectivity index (χ3n) is 6.45. The van der Waals surface area contributed by atoms with Crippen LogP contribution in [0.25, 0.3) is 22.3 Å². The Bertz CT molecular complexity index is 1340. The molecule has 32 heavy (non-hydrogen) atoms. The maximum Gasteiger partial charge on any atom is 0.345 e. The standard InChI is InChI=1S/C24H25N3O5/c1-5-14-15-9-13(28)7-8-19(15)25-21-16(14)11-27-20(21)10-18-17(22(27)29)12-31-23(30)24(18,6-2)32-26(3)4/h7-10,28H,5-6,11-12H2,1-4H3/t24-/m0/s1. The Hall–Kier alpha value is -3.23. The van der Waals surface area contributed by atoms with E-state index in [1.54, 1.807) is 36.9 Å². The normalized spacial score (nSPS) is 19.1. The van der Waals surface area contributed by atoms with Gasteiger partial charge in [0.2, 0.25) is 5.60 Å². The number of hydroxylamine groups is 2. The zero-order chi connectivity index (χ0) is 22.8. The second-order valence-electron chi connectivity index (χ2n) is 8.45. The highest BCUT2D eigenvalue weighted by Crippen LogP contribution is 2.42. The first-order valence-corrected chi connectivity index (χ1v) is 10.8. The van der Waals surface area contributed by atoms with Crippen LogP contribution >= 0.6 is 0 Å². The molecule has 2 aromatic heterocycles. The summed E-state index contributed by atoms with van der Waals surface area (Å²) in [5.74, 6) is -0.318. The summed E-state index contributed by atoms with van der Waals surface area (Å²) in [6, 6.07) is 6.98. The van der Waals surface area contributed by atoms with Gasteiger partial charge in [0.1, 0.15) is 12.4 Å². The van der Waals surface area contributed by atoms with Gasteiger partial charge in [0, 0.05) is 30.6 Å². The molecule has 0 bridgehead atoms. The lowest BCUT2D eigenvalue weighted by atomic mass is 9.85. The number of fused-ring (bicyclic) bond motifs is 5. The molecule has 0 aliphatic carbocycles. The number of benzene rings is 1. The van der Waals surface area contributed by atoms with Gasteiger partial charge in [0.15, 0.2) is 0 Å². The first kappa shape index (κ1) is 20.7. The lowest BCUT2D eigenvalue weighted by Gasteiger charge is -2.37. The lowest BCUT2D eigenvalue weighted by Crippen LogP contribution is -2.48. The summed E-state index contributed by atoms with van der Waals surface area (Å²) in [4.78, 5) is 37.3. The molecule has 3 aromatic rings. The van der Waals surface area contributed by atoms with E-state index >= 15 is 0 Å². The van der Waals surface area contributed by atoms with Gasteiger partial charge in [0.05, 0.1) is 29.0 Å². The smallest absolute Gasteiger partial charge is 0.345 e. The summed E-state index contributed by atoms with van der Waals surface area (Å²) in [7, 11) is 3.40. The number of carbonyl (C=O) groups excluding carboxylic acids is 1. The quantitative estimate of drug-likeness (QED) is 0.389. The Morgan fingerprint density at radius 1 is 1.22 bits per heavy atom. The molecule has 1 N–H and O–H groups in total. The van der Waals surface area contributed by atoms with Crippen LogP contribution in [-0.4, -0.2) is 39.8 Å². The van der Waals surface area contributed by atoms with Gasteiger partial charge in [-0.1, -0.05) is 13.8 Å². The number of hydrogen-bond acceptors (Lipinski definition) is 7. The van der Waals surface area contributed by atoms with Crippen LogP contribution in [0.15, 0.2) is 29.1 Å². The van der Waals surface area contributed by atoms with Gasteiger partial charge in [-0.2, -0.15) is 5.06 Å². The average molecular weight is 435 g/mol. The van der Waals surface area contributed by atoms with Gasteiger partial charge < -0.3 is 14.4 Å². The summed E-state index contributed by atoms with van der Waals surface area (Å²) >= 11 is 0. The van der Waals surface area contributed by atoms with Gasteiger partial charge in [-0.25, -0.2) is 9.78 Å². The molecule has 8 nitrogen and oxygen atoms in total. The fourth-order valence-electron chi connectivity index (χ4n) is 5.00. The number of hydrogen-bond donors (Lipinski definition) is 1. The molecular formula is C24H25N3O5. The number of phenolic OH excluding ortho intramolecular Hbond substituents is 1. The second-order valence-corrected chi connectivity index (χ2v) is 8.45. The van der Waals surface area contributed by atoms with Crippen LogP contribution in [0, 0.1) is 0 Å². The molecule has 0 fully saturated rings. The third kappa shape index (κ3) is 2.73. The van der Waals surface area contributed by atoms with Crippen molar-refractivity contribution in [2.75, 3.05) is 14.1 Å². The van der Waals surface area contributed by atoms with Crippen molar-refractivity contribution in [1.82, 2.24) is 14.6 Å². The van der Waals surface area contributed by atoms with Crippen molar-refractivity contribution < 1.29 is 19.5 Å². The predicted octanol–water partition coefficient (Wildman–Crippen LogP) is 2.85. The third-order valence-corrected chi connectivity index (χ3v) is 6.45. The van der Waals surface area contributed by atoms with Crippen LogP contribution < -0.4 is 5.56 Å². The second kappa shape index (κ2) is 7.15. The van der Waals surface area contributed by atoms with Crippen molar-refractivity contribution >= 4 is 16.9 Å². The lowest BCUT2D eigenvalue weighted by molar-refractivity contribution is -0.244. The highest BCUT2D eigenvalue weighted by molar-refractivity contribution is 5.89. The maximum atomic E-state index is 13.6. The molecule has 1 aromatic carbocycles. The Morgan fingerprint density at radius 2 is 2.00 bits per heavy atom. The molecule has 2 aliphatic heterocycles. The van der Waals surface area contributed by atoms with Crippen molar-refractivity contribution in [3.63, 3.8) is 0 Å². The van der Waals surface area contributed by atoms with Crippen molar-refractivity contribution in [2.45, 2.75) is 45.4 Å². The molecule has 0 unspecified atom stereocenters. The summed E-state index contributed by atoms with van der Waals surface area (Å²) in [5, 5.41) is 12.3. The van der Waals surface area contributed by atoms with Crippen LogP contribution in [0.2, 0.25) is 0 Å². The number of pyridine rings is 2. The van der Waals surface area contributed by atoms with Crippen molar-refractivity contribution in [1.29, 1.82) is 0 Å². The van der Waals surface area contributed by atoms with Gasteiger partial charge >= 0.3 is 5.97 Å². The predicted molar refractivity (Wildman–Crippen MR) is 118 cm³/mol. The molecule has 4 heterocycles. The maximum absolute atomic E-state index is 13.6. The fourth-order valence-corrected chi connectivity index (χ4v) is 5.00. The van der Waals surface area contributed by atoms with Crippen LogP contribution in [0.4, 0.5) is 0 Å². The molecule has 1 atom stereocenters. The molecule has 5 rings (SSSR count). The van der Waals surface area contributed by atoms with Crippen LogP contribution in [0.5, 0.6) is 5.75 Å². The van der Waals surface area contributed by atoms with E-state index in [-0.39, 0.29) is 17.9 Å². The van der Waals surface area contributed by atoms with Crippen molar-refractivity contribution in [3.8, 4) is 17.1 Å². The van der Waals surface area contributed by atoms with Crippen molar-refractivity contribution in [3.05, 3.63) is 56.9 Å². The molecule has 0 radical (unpaired) electrons. The SMILES string of the molecule is CCc1c2c(nc3ccc(O)cc13)-c1cc3c(c(=O)n1C2)COC(=O)[C@@]3(CC)ON(C)C. The number of ether oxygens (including phenoxy) is 1. The first-order chi connectivity index (χ1) is 15.3. The average Bonchev–Trinajstić information content (AvgIpc) is 3.12. The molecule has 8 heteroatoms. The molecule has 2 aliphatic rings. The Morgan fingerprint density at radius 3 is 2.69 bits per heavy atom. The Balaban J connectivity index is 1.81. The summed E-state index contributed by atoms with van der Waals surface area (Å²) in [6.45, 7) is 4.20. The molecule has 0 saturated carbocycles. The van der Waals surface area contributed by atoms with Gasteiger partial charge in [-0.3, -0.25) is 9.63 Å². The number of cyclic esters (lactones) is 1. The highest BCUT2D eigenvalue weighted by atomic mass is 16.7. The van der Waals surface area contributed by atoms with E-state index in [1.807, 2.05) is 13.0 Å². The number of aromatic nitrogens is 2. The Labute approximate surface area is 185 Å². The molecular weight excluding hydrogens is 410 g/mol. The van der Waals surface area contributed by atoms with E-state index in [0.29, 0.717) is 29.8 Å². The zero-order valence-corrected chi connectivity index (χ0v) is 18.6. The minimum Gasteiger partial charge on any atom is -0.508 e. The number of esters is 1.